The van der Waals surface area contributed by atoms with Crippen LogP contribution in [0.4, 0.5) is 0 Å². The monoisotopic (exact) mass is 1030 g/mol. The molecule has 0 aliphatic heterocycles. The molecule has 16 rings (SSSR count). The van der Waals surface area contributed by atoms with Crippen molar-refractivity contribution in [3.63, 3.8) is 0 Å². The Morgan fingerprint density at radius 1 is 0.300 bits per heavy atom. The van der Waals surface area contributed by atoms with Gasteiger partial charge in [0.1, 0.15) is 22.3 Å². The molecule has 0 saturated heterocycles. The van der Waals surface area contributed by atoms with Crippen molar-refractivity contribution < 1.29 is 8.83 Å². The van der Waals surface area contributed by atoms with Gasteiger partial charge in [-0.3, -0.25) is 0 Å². The lowest BCUT2D eigenvalue weighted by Gasteiger charge is -2.19. The molecule has 0 unspecified atom stereocenters. The van der Waals surface area contributed by atoms with Crippen molar-refractivity contribution in [3.8, 4) is 67.8 Å². The molecule has 0 aliphatic rings. The van der Waals surface area contributed by atoms with Crippen LogP contribution >= 0.6 is 0 Å². The average Bonchev–Trinajstić information content (AvgIpc) is 4.27. The molecule has 0 fully saturated rings. The van der Waals surface area contributed by atoms with Gasteiger partial charge < -0.3 is 18.0 Å². The molecule has 0 amide bonds. The second-order valence-electron chi connectivity index (χ2n) is 22.0. The predicted molar refractivity (Wildman–Crippen MR) is 329 cm³/mol. The van der Waals surface area contributed by atoms with Crippen LogP contribution in [0.3, 0.4) is 0 Å². The van der Waals surface area contributed by atoms with Gasteiger partial charge in [-0.05, 0) is 130 Å². The standard InChI is InChI=1S/C73H49N5O2/c1-73(2,3)49-34-28-44(29-35-49)70-74-71(54-22-14-26-66-68(54)58-42-47(32-38-64(58)79-66)45-30-36-62-56(40-45)52-20-10-12-24-60(52)77(62)50-16-6-4-7-17-50)76-72(75-70)55-23-15-27-67-69(55)59-43-48(33-39-65(59)80-67)46-31-37-63-57(41-46)53-21-11-13-25-61(53)78(63)51-18-8-5-9-19-51/h4-43H,1-3H3. The van der Waals surface area contributed by atoms with Crippen molar-refractivity contribution in [2.45, 2.75) is 26.2 Å². The first-order valence-corrected chi connectivity index (χ1v) is 27.2. The maximum atomic E-state index is 6.68. The molecule has 0 aliphatic carbocycles. The number of nitrogens with zero attached hydrogens (tertiary/aromatic N) is 5. The summed E-state index contributed by atoms with van der Waals surface area (Å²) in [7, 11) is 0. The number of hydrogen-bond acceptors (Lipinski definition) is 5. The number of benzene rings is 11. The van der Waals surface area contributed by atoms with Crippen LogP contribution in [0.25, 0.3) is 155 Å². The molecule has 16 aromatic rings. The summed E-state index contributed by atoms with van der Waals surface area (Å²) in [6.07, 6.45) is 0. The molecule has 0 atom stereocenters. The van der Waals surface area contributed by atoms with E-state index in [1.165, 1.54) is 38.1 Å². The molecular weight excluding hydrogens is 979 g/mol. The van der Waals surface area contributed by atoms with Gasteiger partial charge in [0.25, 0.3) is 0 Å². The van der Waals surface area contributed by atoms with E-state index in [1.54, 1.807) is 0 Å². The van der Waals surface area contributed by atoms with Gasteiger partial charge in [-0.2, -0.15) is 0 Å². The average molecular weight is 1030 g/mol. The second kappa shape index (κ2) is 17.6. The highest BCUT2D eigenvalue weighted by Crippen LogP contribution is 2.43. The summed E-state index contributed by atoms with van der Waals surface area (Å²) in [4.78, 5) is 16.2. The highest BCUT2D eigenvalue weighted by Gasteiger charge is 2.23. The number of aromatic nitrogens is 5. The number of furan rings is 2. The fourth-order valence-electron chi connectivity index (χ4n) is 12.3. The smallest absolute Gasteiger partial charge is 0.164 e. The SMILES string of the molecule is CC(C)(C)c1ccc(-c2nc(-c3cccc4oc5ccc(-c6ccc7c(c6)c6ccccc6n7-c6ccccc6)cc5c34)nc(-c3cccc4oc5ccc(-c6ccc7c(c6)c6ccccc6n7-c6ccccc6)cc5c34)n2)cc1. The van der Waals surface area contributed by atoms with Crippen LogP contribution in [-0.4, -0.2) is 24.1 Å². The molecule has 5 heterocycles. The first kappa shape index (κ1) is 45.8. The van der Waals surface area contributed by atoms with Gasteiger partial charge >= 0.3 is 0 Å². The van der Waals surface area contributed by atoms with Crippen LogP contribution in [0.15, 0.2) is 251 Å². The van der Waals surface area contributed by atoms with Crippen LogP contribution in [-0.2, 0) is 5.41 Å². The van der Waals surface area contributed by atoms with Crippen LogP contribution in [0.1, 0.15) is 26.3 Å². The van der Waals surface area contributed by atoms with Gasteiger partial charge in [0.05, 0.1) is 22.1 Å². The molecule has 7 heteroatoms. The van der Waals surface area contributed by atoms with Crippen LogP contribution < -0.4 is 0 Å². The maximum absolute atomic E-state index is 6.68. The molecule has 0 radical (unpaired) electrons. The third-order valence-electron chi connectivity index (χ3n) is 16.2. The highest BCUT2D eigenvalue weighted by atomic mass is 16.3. The molecular formula is C73H49N5O2. The molecule has 378 valence electrons. The van der Waals surface area contributed by atoms with E-state index >= 15 is 0 Å². The zero-order valence-corrected chi connectivity index (χ0v) is 44.1. The summed E-state index contributed by atoms with van der Waals surface area (Å²) in [5.74, 6) is 1.67. The summed E-state index contributed by atoms with van der Waals surface area (Å²) in [5, 5.41) is 8.66. The molecule has 80 heavy (non-hydrogen) atoms. The van der Waals surface area contributed by atoms with E-state index in [9.17, 15) is 0 Å². The Bertz CT molecular complexity index is 4860. The van der Waals surface area contributed by atoms with Crippen molar-refractivity contribution in [2.24, 2.45) is 0 Å². The van der Waals surface area contributed by atoms with E-state index in [2.05, 4.69) is 248 Å². The number of para-hydroxylation sites is 4. The zero-order chi connectivity index (χ0) is 53.2. The maximum Gasteiger partial charge on any atom is 0.164 e. The Morgan fingerprint density at radius 2 is 0.688 bits per heavy atom. The number of fused-ring (bicyclic) bond motifs is 12. The third kappa shape index (κ3) is 7.24. The molecule has 7 nitrogen and oxygen atoms in total. The normalized spacial score (nSPS) is 12.2. The van der Waals surface area contributed by atoms with E-state index in [4.69, 9.17) is 23.8 Å². The minimum atomic E-state index is -0.0266. The van der Waals surface area contributed by atoms with Crippen molar-refractivity contribution >= 4 is 87.5 Å². The Hall–Kier alpha value is -10.4. The summed E-state index contributed by atoms with van der Waals surface area (Å²) < 4.78 is 18.1. The summed E-state index contributed by atoms with van der Waals surface area (Å²) in [6, 6.07) is 86.1. The van der Waals surface area contributed by atoms with Gasteiger partial charge in [-0.1, -0.05) is 166 Å². The van der Waals surface area contributed by atoms with E-state index in [0.29, 0.717) is 17.5 Å². The van der Waals surface area contributed by atoms with Crippen LogP contribution in [0, 0.1) is 0 Å². The van der Waals surface area contributed by atoms with Crippen LogP contribution in [0.2, 0.25) is 0 Å². The Balaban J connectivity index is 0.860. The van der Waals surface area contributed by atoms with Gasteiger partial charge in [0.2, 0.25) is 0 Å². The van der Waals surface area contributed by atoms with Crippen LogP contribution in [0.5, 0.6) is 0 Å². The highest BCUT2D eigenvalue weighted by molar-refractivity contribution is 6.16. The molecule has 11 aromatic carbocycles. The van der Waals surface area contributed by atoms with E-state index < -0.39 is 0 Å². The molecule has 0 saturated carbocycles. The van der Waals surface area contributed by atoms with Crippen molar-refractivity contribution in [3.05, 3.63) is 248 Å². The van der Waals surface area contributed by atoms with Gasteiger partial charge in [-0.25, -0.2) is 15.0 Å². The molecule has 5 aromatic heterocycles. The first-order valence-electron chi connectivity index (χ1n) is 27.2. The minimum absolute atomic E-state index is 0.0266. The van der Waals surface area contributed by atoms with E-state index in [-0.39, 0.29) is 5.41 Å². The topological polar surface area (TPSA) is 74.8 Å². The second-order valence-corrected chi connectivity index (χ2v) is 22.0. The van der Waals surface area contributed by atoms with Crippen molar-refractivity contribution in [1.82, 2.24) is 24.1 Å². The van der Waals surface area contributed by atoms with Crippen molar-refractivity contribution in [2.75, 3.05) is 0 Å². The fourth-order valence-corrected chi connectivity index (χ4v) is 12.3. The molecule has 0 spiro atoms. The lowest BCUT2D eigenvalue weighted by Crippen LogP contribution is -2.10. The number of hydrogen-bond donors (Lipinski definition) is 0. The lowest BCUT2D eigenvalue weighted by molar-refractivity contribution is 0.590. The zero-order valence-electron chi connectivity index (χ0n) is 44.1. The van der Waals surface area contributed by atoms with E-state index in [1.807, 2.05) is 24.3 Å². The largest absolute Gasteiger partial charge is 0.456 e. The molecule has 0 N–H and O–H groups in total. The van der Waals surface area contributed by atoms with Crippen molar-refractivity contribution in [1.29, 1.82) is 0 Å². The Kier molecular flexibility index (Phi) is 10.1. The van der Waals surface area contributed by atoms with Gasteiger partial charge in [0.15, 0.2) is 17.5 Å². The summed E-state index contributed by atoms with van der Waals surface area (Å²) in [6.45, 7) is 6.69. The Morgan fingerprint density at radius 3 is 1.15 bits per heavy atom. The Labute approximate surface area is 460 Å². The fraction of sp³-hybridized carbons (Fsp3) is 0.0548. The summed E-state index contributed by atoms with van der Waals surface area (Å²) >= 11 is 0. The third-order valence-corrected chi connectivity index (χ3v) is 16.2. The van der Waals surface area contributed by atoms with Gasteiger partial charge in [0, 0.05) is 71.2 Å². The van der Waals surface area contributed by atoms with E-state index in [0.717, 1.165) is 105 Å². The van der Waals surface area contributed by atoms with Gasteiger partial charge in [-0.15, -0.1) is 0 Å². The number of rotatable bonds is 7. The minimum Gasteiger partial charge on any atom is -0.456 e. The first-order chi connectivity index (χ1) is 39.3. The predicted octanol–water partition coefficient (Wildman–Crippen LogP) is 19.5. The molecule has 0 bridgehead atoms. The summed E-state index contributed by atoms with van der Waals surface area (Å²) in [5.41, 5.74) is 18.2. The quantitative estimate of drug-likeness (QED) is 0.159. The lowest BCUT2D eigenvalue weighted by atomic mass is 9.86.